The molecule has 0 aromatic rings. The number of fused-ring (bicyclic) bond motifs is 3. The highest BCUT2D eigenvalue weighted by Gasteiger charge is 2.49. The molecular formula is C14H25NO3. The molecule has 0 unspecified atom stereocenters. The van der Waals surface area contributed by atoms with Crippen LogP contribution < -0.4 is 5.32 Å². The lowest BCUT2D eigenvalue weighted by Crippen LogP contribution is -2.63. The Kier molecular flexibility index (Phi) is 3.34. The number of hydrogen-bond acceptors (Lipinski definition) is 3. The van der Waals surface area contributed by atoms with Gasteiger partial charge in [0.15, 0.2) is 0 Å². The van der Waals surface area contributed by atoms with E-state index in [1.807, 2.05) is 20.8 Å². The Morgan fingerprint density at radius 2 is 1.89 bits per heavy atom. The van der Waals surface area contributed by atoms with Crippen molar-refractivity contribution in [2.75, 3.05) is 6.61 Å². The van der Waals surface area contributed by atoms with Gasteiger partial charge in [-0.3, -0.25) is 0 Å². The maximum Gasteiger partial charge on any atom is 0.408 e. The van der Waals surface area contributed by atoms with E-state index in [0.29, 0.717) is 6.61 Å². The van der Waals surface area contributed by atoms with E-state index in [0.717, 1.165) is 32.1 Å². The van der Waals surface area contributed by atoms with Crippen molar-refractivity contribution in [3.05, 3.63) is 0 Å². The van der Waals surface area contributed by atoms with Crippen molar-refractivity contribution in [1.29, 1.82) is 0 Å². The summed E-state index contributed by atoms with van der Waals surface area (Å²) in [6.07, 6.45) is 4.82. The maximum absolute atomic E-state index is 11.9. The number of ether oxygens (including phenoxy) is 2. The summed E-state index contributed by atoms with van der Waals surface area (Å²) in [6, 6.07) is 0. The molecule has 3 rings (SSSR count). The number of amides is 1. The van der Waals surface area contributed by atoms with Crippen LogP contribution in [0.25, 0.3) is 0 Å². The minimum Gasteiger partial charge on any atom is -0.444 e. The molecule has 4 nitrogen and oxygen atoms in total. The van der Waals surface area contributed by atoms with E-state index < -0.39 is 5.60 Å². The molecular weight excluding hydrogens is 230 g/mol. The first-order valence-corrected chi connectivity index (χ1v) is 6.93. The minimum atomic E-state index is -0.446. The summed E-state index contributed by atoms with van der Waals surface area (Å²) >= 11 is 0. The lowest BCUT2D eigenvalue weighted by molar-refractivity contribution is -0.162. The Labute approximate surface area is 109 Å². The van der Waals surface area contributed by atoms with Crippen LogP contribution in [-0.2, 0) is 9.47 Å². The number of alkyl carbamates (subject to hydrolysis) is 1. The highest BCUT2D eigenvalue weighted by atomic mass is 16.6. The average Bonchev–Trinajstić information content (AvgIpc) is 2.28. The van der Waals surface area contributed by atoms with E-state index in [-0.39, 0.29) is 17.2 Å². The molecule has 1 amide bonds. The Morgan fingerprint density at radius 1 is 1.28 bits per heavy atom. The van der Waals surface area contributed by atoms with Crippen LogP contribution in [-0.4, -0.2) is 29.4 Å². The average molecular weight is 255 g/mol. The first kappa shape index (κ1) is 13.7. The second-order valence-corrected chi connectivity index (χ2v) is 6.73. The summed E-state index contributed by atoms with van der Waals surface area (Å²) in [5.74, 6) is 0. The summed E-state index contributed by atoms with van der Waals surface area (Å²) in [5.41, 5.74) is -0.561. The van der Waals surface area contributed by atoms with E-state index >= 15 is 0 Å². The molecule has 2 aliphatic heterocycles. The zero-order chi connectivity index (χ0) is 13.4. The molecule has 1 aliphatic carbocycles. The van der Waals surface area contributed by atoms with Crippen LogP contribution in [0.2, 0.25) is 0 Å². The minimum absolute atomic E-state index is 0.0807. The normalized spacial score (nSPS) is 35.3. The zero-order valence-electron chi connectivity index (χ0n) is 12.0. The Morgan fingerprint density at radius 3 is 2.28 bits per heavy atom. The smallest absolute Gasteiger partial charge is 0.408 e. The number of carbonyl (C=O) groups excluding carboxylic acids is 1. The Bertz CT molecular complexity index is 308. The molecule has 0 atom stereocenters. The summed E-state index contributed by atoms with van der Waals surface area (Å²) in [7, 11) is 0. The summed E-state index contributed by atoms with van der Waals surface area (Å²) < 4.78 is 11.3. The molecule has 2 heterocycles. The van der Waals surface area contributed by atoms with Gasteiger partial charge in [-0.25, -0.2) is 4.79 Å². The fraction of sp³-hybridized carbons (Fsp3) is 0.929. The van der Waals surface area contributed by atoms with Crippen molar-refractivity contribution in [2.24, 2.45) is 0 Å². The van der Waals surface area contributed by atoms with Gasteiger partial charge >= 0.3 is 6.09 Å². The highest BCUT2D eigenvalue weighted by Crippen LogP contribution is 2.45. The SMILES string of the molecule is CCC12CCC(NC(=O)OC(C)(C)C)(CC1)CO2. The molecule has 0 aromatic carbocycles. The molecule has 0 radical (unpaired) electrons. The molecule has 4 heteroatoms. The number of nitrogens with one attached hydrogen (secondary N) is 1. The predicted octanol–water partition coefficient (Wildman–Crippen LogP) is 3.00. The standard InChI is InChI=1S/C14H25NO3/c1-5-14-8-6-13(7-9-14,10-17-14)15-11(16)18-12(2,3)4/h5-10H2,1-4H3,(H,15,16). The van der Waals surface area contributed by atoms with Gasteiger partial charge in [-0.15, -0.1) is 0 Å². The van der Waals surface area contributed by atoms with Crippen LogP contribution in [0.3, 0.4) is 0 Å². The fourth-order valence-corrected chi connectivity index (χ4v) is 2.90. The number of carbonyl (C=O) groups is 1. The molecule has 0 aromatic heterocycles. The topological polar surface area (TPSA) is 47.6 Å². The Balaban J connectivity index is 1.93. The predicted molar refractivity (Wildman–Crippen MR) is 69.5 cm³/mol. The molecule has 3 fully saturated rings. The van der Waals surface area contributed by atoms with E-state index in [1.54, 1.807) is 0 Å². The number of hydrogen-bond donors (Lipinski definition) is 1. The number of rotatable bonds is 2. The summed E-state index contributed by atoms with van der Waals surface area (Å²) in [6.45, 7) is 8.44. The van der Waals surface area contributed by atoms with Gasteiger partial charge in [-0.05, 0) is 52.9 Å². The molecule has 0 spiro atoms. The lowest BCUT2D eigenvalue weighted by atomic mass is 9.70. The second kappa shape index (κ2) is 4.41. The third-order valence-corrected chi connectivity index (χ3v) is 4.18. The van der Waals surface area contributed by atoms with Gasteiger partial charge in [0.05, 0.1) is 17.7 Å². The molecule has 2 saturated heterocycles. The third kappa shape index (κ3) is 2.79. The van der Waals surface area contributed by atoms with Crippen LogP contribution in [0.4, 0.5) is 4.79 Å². The van der Waals surface area contributed by atoms with Crippen molar-refractivity contribution in [2.45, 2.75) is 76.5 Å². The molecule has 1 N–H and O–H groups in total. The molecule has 104 valence electrons. The first-order chi connectivity index (χ1) is 8.28. The van der Waals surface area contributed by atoms with Crippen LogP contribution in [0, 0.1) is 0 Å². The summed E-state index contributed by atoms with van der Waals surface area (Å²) in [4.78, 5) is 11.9. The molecule has 2 bridgehead atoms. The van der Waals surface area contributed by atoms with Crippen LogP contribution in [0.1, 0.15) is 59.8 Å². The monoisotopic (exact) mass is 255 g/mol. The van der Waals surface area contributed by atoms with E-state index in [9.17, 15) is 4.79 Å². The molecule has 18 heavy (non-hydrogen) atoms. The molecule has 1 saturated carbocycles. The van der Waals surface area contributed by atoms with Crippen molar-refractivity contribution in [3.63, 3.8) is 0 Å². The highest BCUT2D eigenvalue weighted by molar-refractivity contribution is 5.69. The van der Waals surface area contributed by atoms with Gasteiger partial charge in [0, 0.05) is 0 Å². The van der Waals surface area contributed by atoms with Gasteiger partial charge in [0.2, 0.25) is 0 Å². The second-order valence-electron chi connectivity index (χ2n) is 6.73. The zero-order valence-corrected chi connectivity index (χ0v) is 12.0. The lowest BCUT2D eigenvalue weighted by Gasteiger charge is -2.53. The van der Waals surface area contributed by atoms with Crippen LogP contribution in [0.5, 0.6) is 0 Å². The summed E-state index contributed by atoms with van der Waals surface area (Å²) in [5, 5.41) is 3.03. The van der Waals surface area contributed by atoms with E-state index in [4.69, 9.17) is 9.47 Å². The van der Waals surface area contributed by atoms with Gasteiger partial charge in [-0.1, -0.05) is 6.92 Å². The van der Waals surface area contributed by atoms with E-state index in [1.165, 1.54) is 0 Å². The first-order valence-electron chi connectivity index (χ1n) is 6.93. The van der Waals surface area contributed by atoms with Crippen LogP contribution in [0.15, 0.2) is 0 Å². The van der Waals surface area contributed by atoms with Gasteiger partial charge in [0.25, 0.3) is 0 Å². The van der Waals surface area contributed by atoms with Crippen LogP contribution >= 0.6 is 0 Å². The molecule has 3 aliphatic rings. The van der Waals surface area contributed by atoms with Gasteiger partial charge < -0.3 is 14.8 Å². The quantitative estimate of drug-likeness (QED) is 0.825. The fourth-order valence-electron chi connectivity index (χ4n) is 2.90. The van der Waals surface area contributed by atoms with Crippen molar-refractivity contribution >= 4 is 6.09 Å². The van der Waals surface area contributed by atoms with Crippen molar-refractivity contribution in [3.8, 4) is 0 Å². The largest absolute Gasteiger partial charge is 0.444 e. The third-order valence-electron chi connectivity index (χ3n) is 4.18. The van der Waals surface area contributed by atoms with Crippen molar-refractivity contribution < 1.29 is 14.3 Å². The van der Waals surface area contributed by atoms with Gasteiger partial charge in [-0.2, -0.15) is 0 Å². The van der Waals surface area contributed by atoms with Crippen molar-refractivity contribution in [1.82, 2.24) is 5.32 Å². The van der Waals surface area contributed by atoms with Gasteiger partial charge in [0.1, 0.15) is 5.60 Å². The maximum atomic E-state index is 11.9. The Hall–Kier alpha value is -0.770. The van der Waals surface area contributed by atoms with E-state index in [2.05, 4.69) is 12.2 Å².